The van der Waals surface area contributed by atoms with Crippen molar-refractivity contribution in [2.45, 2.75) is 129 Å². The van der Waals surface area contributed by atoms with Gasteiger partial charge in [-0.15, -0.1) is 0 Å². The molecule has 0 aromatic rings. The van der Waals surface area contributed by atoms with Crippen molar-refractivity contribution in [3.63, 3.8) is 0 Å². The Hall–Kier alpha value is -1.06. The maximum absolute atomic E-state index is 10.7. The Morgan fingerprint density at radius 2 is 1.77 bits per heavy atom. The summed E-state index contributed by atoms with van der Waals surface area (Å²) < 4.78 is 19.2. The van der Waals surface area contributed by atoms with Crippen LogP contribution < -0.4 is 0 Å². The van der Waals surface area contributed by atoms with Crippen molar-refractivity contribution in [1.29, 1.82) is 0 Å². The van der Waals surface area contributed by atoms with E-state index in [1.165, 1.54) is 25.7 Å². The molecule has 14 atom stereocenters. The predicted molar refractivity (Wildman–Crippen MR) is 165 cm³/mol. The fourth-order valence-corrected chi connectivity index (χ4v) is 11.4. The molecule has 7 heteroatoms. The molecule has 43 heavy (non-hydrogen) atoms. The normalized spacial score (nSPS) is 52.5. The highest BCUT2D eigenvalue weighted by Gasteiger charge is 2.75. The predicted octanol–water partition coefficient (Wildman–Crippen LogP) is 4.92. The number of ether oxygens (including phenoxy) is 3. The van der Waals surface area contributed by atoms with Crippen LogP contribution in [0.1, 0.15) is 86.5 Å². The second kappa shape index (κ2) is 10.8. The highest BCUT2D eigenvalue weighted by Crippen LogP contribution is 2.77. The van der Waals surface area contributed by atoms with Gasteiger partial charge in [-0.1, -0.05) is 71.1 Å². The lowest BCUT2D eigenvalue weighted by Gasteiger charge is -2.65. The van der Waals surface area contributed by atoms with Gasteiger partial charge in [0.15, 0.2) is 6.29 Å². The SMILES string of the molecule is C=C(C)/C=C/C[C@@H](C)[C@H]1CC[C@@]2(C)[C@@H]3C=C[C@@]45OC[C@]3(CC[C@]12C)[C@@H]4CC[C@H](O[C@@H]1O[C@H](CO)[C@@H](O)[C@@H](O)[C@H]1O)C5(C)C. The van der Waals surface area contributed by atoms with Crippen molar-refractivity contribution in [2.75, 3.05) is 13.2 Å². The molecule has 2 saturated heterocycles. The van der Waals surface area contributed by atoms with Crippen molar-refractivity contribution >= 4 is 0 Å². The summed E-state index contributed by atoms with van der Waals surface area (Å²) in [5.74, 6) is 2.19. The zero-order valence-electron chi connectivity index (χ0n) is 27.2. The molecule has 4 aliphatic carbocycles. The van der Waals surface area contributed by atoms with Crippen molar-refractivity contribution in [2.24, 2.45) is 45.3 Å². The summed E-state index contributed by atoms with van der Waals surface area (Å²) in [5.41, 5.74) is 0.805. The van der Waals surface area contributed by atoms with E-state index in [2.05, 4.69) is 72.4 Å². The van der Waals surface area contributed by atoms with Crippen LogP contribution in [-0.2, 0) is 14.2 Å². The molecule has 3 saturated carbocycles. The van der Waals surface area contributed by atoms with E-state index in [1.54, 1.807) is 0 Å². The van der Waals surface area contributed by atoms with Gasteiger partial charge in [-0.3, -0.25) is 0 Å². The van der Waals surface area contributed by atoms with E-state index < -0.39 is 48.3 Å². The van der Waals surface area contributed by atoms with E-state index in [-0.39, 0.29) is 22.3 Å². The van der Waals surface area contributed by atoms with Gasteiger partial charge in [-0.25, -0.2) is 0 Å². The summed E-state index contributed by atoms with van der Waals surface area (Å²) in [6.07, 6.45) is 10.5. The molecular formula is C36H56O7. The van der Waals surface area contributed by atoms with E-state index in [0.717, 1.165) is 31.4 Å². The van der Waals surface area contributed by atoms with Gasteiger partial charge in [0.2, 0.25) is 0 Å². The van der Waals surface area contributed by atoms with Gasteiger partial charge in [0.25, 0.3) is 0 Å². The standard InChI is InChI=1S/C36H56O7/c1-21(2)9-8-10-22(3)23-13-15-34(7)25-14-16-36-26(35(25,20-41-36)18-17-33(23,34)6)11-12-27(32(36,4)5)43-31-30(40)29(39)28(38)24(19-37)42-31/h8-9,14,16,22-31,37-40H,1,10-13,15,17-20H2,2-7H3/b9-8+/t22-,23-,24-,25+,26+,27+,28-,29-,30-,31+,33-,34+,35+,36-/m1/s1. The average molecular weight is 601 g/mol. The molecule has 0 aromatic heterocycles. The topological polar surface area (TPSA) is 109 Å². The molecule has 7 nitrogen and oxygen atoms in total. The van der Waals surface area contributed by atoms with E-state index in [1.807, 2.05) is 0 Å². The number of aliphatic hydroxyl groups is 4. The number of rotatable bonds is 7. The molecule has 1 spiro atoms. The Labute approximate surface area is 258 Å². The maximum Gasteiger partial charge on any atom is 0.186 e. The van der Waals surface area contributed by atoms with Gasteiger partial charge in [0.05, 0.1) is 24.9 Å². The minimum absolute atomic E-state index is 0.104. The van der Waals surface area contributed by atoms with Gasteiger partial charge >= 0.3 is 0 Å². The first-order valence-corrected chi connectivity index (χ1v) is 16.8. The molecule has 4 N–H and O–H groups in total. The number of allylic oxidation sites excluding steroid dienone is 4. The van der Waals surface area contributed by atoms with Crippen molar-refractivity contribution in [1.82, 2.24) is 0 Å². The largest absolute Gasteiger partial charge is 0.394 e. The Morgan fingerprint density at radius 3 is 2.47 bits per heavy atom. The monoisotopic (exact) mass is 600 g/mol. The summed E-state index contributed by atoms with van der Waals surface area (Å²) in [7, 11) is 0. The Bertz CT molecular complexity index is 1150. The van der Waals surface area contributed by atoms with Crippen LogP contribution in [0.5, 0.6) is 0 Å². The lowest BCUT2D eigenvalue weighted by molar-refractivity contribution is -0.329. The van der Waals surface area contributed by atoms with Crippen LogP contribution >= 0.6 is 0 Å². The van der Waals surface area contributed by atoms with Crippen LogP contribution in [-0.4, -0.2) is 76.1 Å². The molecule has 5 fully saturated rings. The highest BCUT2D eigenvalue weighted by atomic mass is 16.7. The minimum atomic E-state index is -1.45. The number of aliphatic hydroxyl groups excluding tert-OH is 4. The molecule has 6 aliphatic rings. The van der Waals surface area contributed by atoms with Crippen LogP contribution in [0.2, 0.25) is 0 Å². The second-order valence-electron chi connectivity index (χ2n) is 16.3. The summed E-state index contributed by atoms with van der Waals surface area (Å²) in [5, 5.41) is 41.0. The third-order valence-corrected chi connectivity index (χ3v) is 14.1. The van der Waals surface area contributed by atoms with Crippen molar-refractivity contribution in [3.8, 4) is 0 Å². The van der Waals surface area contributed by atoms with Crippen LogP contribution in [0.3, 0.4) is 0 Å². The fourth-order valence-electron chi connectivity index (χ4n) is 11.4. The first-order valence-electron chi connectivity index (χ1n) is 16.8. The van der Waals surface area contributed by atoms with Gasteiger partial charge in [-0.05, 0) is 80.5 Å². The van der Waals surface area contributed by atoms with Crippen LogP contribution in [0.25, 0.3) is 0 Å². The number of hydrogen-bond donors (Lipinski definition) is 4. The molecule has 0 aromatic carbocycles. The molecule has 2 heterocycles. The second-order valence-corrected chi connectivity index (χ2v) is 16.3. The smallest absolute Gasteiger partial charge is 0.186 e. The van der Waals surface area contributed by atoms with E-state index in [9.17, 15) is 20.4 Å². The summed E-state index contributed by atoms with van der Waals surface area (Å²) in [6, 6.07) is 0. The first-order chi connectivity index (χ1) is 20.2. The van der Waals surface area contributed by atoms with Crippen LogP contribution in [0, 0.1) is 45.3 Å². The quantitative estimate of drug-likeness (QED) is 0.243. The molecule has 0 unspecified atom stereocenters. The lowest BCUT2D eigenvalue weighted by atomic mass is 9.38. The zero-order valence-corrected chi connectivity index (χ0v) is 27.2. The van der Waals surface area contributed by atoms with Gasteiger partial charge in [-0.2, -0.15) is 0 Å². The van der Waals surface area contributed by atoms with E-state index in [4.69, 9.17) is 14.2 Å². The Morgan fingerprint density at radius 1 is 1.02 bits per heavy atom. The van der Waals surface area contributed by atoms with E-state index in [0.29, 0.717) is 23.7 Å². The van der Waals surface area contributed by atoms with Crippen LogP contribution in [0.15, 0.2) is 36.5 Å². The van der Waals surface area contributed by atoms with Crippen molar-refractivity contribution < 1.29 is 34.6 Å². The fraction of sp³-hybridized carbons (Fsp3) is 0.833. The molecule has 6 rings (SSSR count). The Balaban J connectivity index is 1.26. The van der Waals surface area contributed by atoms with E-state index >= 15 is 0 Å². The molecule has 0 amide bonds. The van der Waals surface area contributed by atoms with Gasteiger partial charge < -0.3 is 34.6 Å². The lowest BCUT2D eigenvalue weighted by Crippen LogP contribution is -2.66. The number of fused-ring (bicyclic) bond motifs is 2. The number of hydrogen-bond acceptors (Lipinski definition) is 7. The van der Waals surface area contributed by atoms with Gasteiger partial charge in [0.1, 0.15) is 24.4 Å². The third-order valence-electron chi connectivity index (χ3n) is 14.1. The average Bonchev–Trinajstić information content (AvgIpc) is 3.35. The zero-order chi connectivity index (χ0) is 31.2. The minimum Gasteiger partial charge on any atom is -0.394 e. The summed E-state index contributed by atoms with van der Waals surface area (Å²) in [6.45, 7) is 18.4. The van der Waals surface area contributed by atoms with Gasteiger partial charge in [0, 0.05) is 16.7 Å². The molecule has 2 bridgehead atoms. The summed E-state index contributed by atoms with van der Waals surface area (Å²) in [4.78, 5) is 0. The molecular weight excluding hydrogens is 544 g/mol. The third kappa shape index (κ3) is 4.32. The highest BCUT2D eigenvalue weighted by molar-refractivity contribution is 5.33. The van der Waals surface area contributed by atoms with Crippen molar-refractivity contribution in [3.05, 3.63) is 36.5 Å². The Kier molecular flexibility index (Phi) is 7.98. The maximum atomic E-state index is 10.7. The molecule has 2 aliphatic heterocycles. The van der Waals surface area contributed by atoms with Crippen LogP contribution in [0.4, 0.5) is 0 Å². The molecule has 242 valence electrons. The summed E-state index contributed by atoms with van der Waals surface area (Å²) >= 11 is 0. The molecule has 0 radical (unpaired) electrons. The first kappa shape index (κ1) is 31.9.